The Labute approximate surface area is 142 Å². The van der Waals surface area contributed by atoms with Crippen LogP contribution < -0.4 is 19.5 Å². The lowest BCUT2D eigenvalue weighted by Gasteiger charge is -2.15. The molecule has 1 N–H and O–H groups in total. The molecule has 0 fully saturated rings. The Morgan fingerprint density at radius 3 is 2.13 bits per heavy atom. The molecule has 0 saturated heterocycles. The highest BCUT2D eigenvalue weighted by atomic mass is 32.2. The van der Waals surface area contributed by atoms with E-state index in [0.29, 0.717) is 17.2 Å². The van der Waals surface area contributed by atoms with Gasteiger partial charge >= 0.3 is 0 Å². The highest BCUT2D eigenvalue weighted by molar-refractivity contribution is 7.99. The molecule has 0 radical (unpaired) electrons. The Kier molecular flexibility index (Phi) is 6.94. The van der Waals surface area contributed by atoms with Crippen molar-refractivity contribution in [1.29, 1.82) is 0 Å². The van der Waals surface area contributed by atoms with E-state index in [1.54, 1.807) is 21.3 Å². The van der Waals surface area contributed by atoms with Gasteiger partial charge in [0.2, 0.25) is 5.75 Å². The summed E-state index contributed by atoms with van der Waals surface area (Å²) in [6.45, 7) is 0.887. The average Bonchev–Trinajstić information content (AvgIpc) is 2.61. The monoisotopic (exact) mass is 333 g/mol. The van der Waals surface area contributed by atoms with E-state index in [4.69, 9.17) is 14.2 Å². The predicted molar refractivity (Wildman–Crippen MR) is 96.4 cm³/mol. The standard InChI is InChI=1S/C18H23NO3S/c1-20-16-12-14(13-17(21-2)18(16)22-3)19-10-7-11-23-15-8-5-4-6-9-15/h4-6,8-9,12-13,19H,7,10-11H2,1-3H3. The minimum absolute atomic E-state index is 0.611. The summed E-state index contributed by atoms with van der Waals surface area (Å²) in [5.74, 6) is 3.00. The molecule has 0 saturated carbocycles. The fraction of sp³-hybridized carbons (Fsp3) is 0.333. The third-order valence-electron chi connectivity index (χ3n) is 3.33. The van der Waals surface area contributed by atoms with Crippen LogP contribution in [0.3, 0.4) is 0 Å². The van der Waals surface area contributed by atoms with Crippen LogP contribution >= 0.6 is 11.8 Å². The maximum atomic E-state index is 5.36. The number of hydrogen-bond donors (Lipinski definition) is 1. The average molecular weight is 333 g/mol. The molecule has 124 valence electrons. The van der Waals surface area contributed by atoms with Gasteiger partial charge < -0.3 is 19.5 Å². The number of anilines is 1. The minimum Gasteiger partial charge on any atom is -0.493 e. The van der Waals surface area contributed by atoms with Crippen LogP contribution in [0.15, 0.2) is 47.4 Å². The normalized spacial score (nSPS) is 10.2. The molecule has 2 aromatic carbocycles. The Morgan fingerprint density at radius 1 is 0.913 bits per heavy atom. The third-order valence-corrected chi connectivity index (χ3v) is 4.43. The van der Waals surface area contributed by atoms with E-state index in [0.717, 1.165) is 24.4 Å². The molecule has 4 nitrogen and oxygen atoms in total. The molecule has 2 rings (SSSR count). The highest BCUT2D eigenvalue weighted by Gasteiger charge is 2.12. The van der Waals surface area contributed by atoms with Crippen LogP contribution in [0.1, 0.15) is 6.42 Å². The van der Waals surface area contributed by atoms with Crippen molar-refractivity contribution in [3.63, 3.8) is 0 Å². The summed E-state index contributed by atoms with van der Waals surface area (Å²) < 4.78 is 16.0. The van der Waals surface area contributed by atoms with Gasteiger partial charge in [-0.25, -0.2) is 0 Å². The van der Waals surface area contributed by atoms with Gasteiger partial charge in [0.1, 0.15) is 0 Å². The topological polar surface area (TPSA) is 39.7 Å². The van der Waals surface area contributed by atoms with Crippen LogP contribution in [0.4, 0.5) is 5.69 Å². The summed E-state index contributed by atoms with van der Waals surface area (Å²) >= 11 is 1.87. The summed E-state index contributed by atoms with van der Waals surface area (Å²) in [4.78, 5) is 1.31. The summed E-state index contributed by atoms with van der Waals surface area (Å²) in [5.41, 5.74) is 0.962. The number of nitrogens with one attached hydrogen (secondary N) is 1. The van der Waals surface area contributed by atoms with Gasteiger partial charge in [0.15, 0.2) is 11.5 Å². The second-order valence-electron chi connectivity index (χ2n) is 4.86. The maximum absolute atomic E-state index is 5.36. The molecule has 0 aliphatic heterocycles. The summed E-state index contributed by atoms with van der Waals surface area (Å²) in [6, 6.07) is 14.3. The Balaban J connectivity index is 1.85. The second kappa shape index (κ2) is 9.20. The van der Waals surface area contributed by atoms with Crippen molar-refractivity contribution in [2.24, 2.45) is 0 Å². The van der Waals surface area contributed by atoms with E-state index in [1.165, 1.54) is 4.90 Å². The molecular weight excluding hydrogens is 310 g/mol. The smallest absolute Gasteiger partial charge is 0.203 e. The largest absolute Gasteiger partial charge is 0.493 e. The number of benzene rings is 2. The molecule has 0 heterocycles. The van der Waals surface area contributed by atoms with Crippen LogP contribution in [0.25, 0.3) is 0 Å². The predicted octanol–water partition coefficient (Wildman–Crippen LogP) is 4.31. The molecule has 2 aromatic rings. The van der Waals surface area contributed by atoms with Crippen molar-refractivity contribution < 1.29 is 14.2 Å². The van der Waals surface area contributed by atoms with Gasteiger partial charge in [-0.2, -0.15) is 0 Å². The number of methoxy groups -OCH3 is 3. The molecule has 0 atom stereocenters. The lowest BCUT2D eigenvalue weighted by Crippen LogP contribution is -2.04. The number of rotatable bonds is 9. The molecular formula is C18H23NO3S. The molecule has 5 heteroatoms. The van der Waals surface area contributed by atoms with Gasteiger partial charge in [-0.3, -0.25) is 0 Å². The van der Waals surface area contributed by atoms with Crippen LogP contribution in [0.5, 0.6) is 17.2 Å². The van der Waals surface area contributed by atoms with E-state index in [9.17, 15) is 0 Å². The van der Waals surface area contributed by atoms with E-state index in [2.05, 4.69) is 29.6 Å². The minimum atomic E-state index is 0.611. The van der Waals surface area contributed by atoms with Crippen molar-refractivity contribution in [1.82, 2.24) is 0 Å². The van der Waals surface area contributed by atoms with Gasteiger partial charge in [0, 0.05) is 29.3 Å². The van der Waals surface area contributed by atoms with Gasteiger partial charge in [-0.1, -0.05) is 18.2 Å². The first kappa shape index (κ1) is 17.3. The van der Waals surface area contributed by atoms with Crippen molar-refractivity contribution in [3.05, 3.63) is 42.5 Å². The second-order valence-corrected chi connectivity index (χ2v) is 6.02. The summed E-state index contributed by atoms with van der Waals surface area (Å²) in [7, 11) is 4.85. The Morgan fingerprint density at radius 2 is 1.57 bits per heavy atom. The van der Waals surface area contributed by atoms with E-state index in [1.807, 2.05) is 30.0 Å². The van der Waals surface area contributed by atoms with Crippen molar-refractivity contribution >= 4 is 17.4 Å². The van der Waals surface area contributed by atoms with Gasteiger partial charge in [-0.15, -0.1) is 11.8 Å². The lowest BCUT2D eigenvalue weighted by molar-refractivity contribution is 0.324. The molecule has 0 aromatic heterocycles. The first-order valence-electron chi connectivity index (χ1n) is 7.50. The first-order chi connectivity index (χ1) is 11.3. The molecule has 23 heavy (non-hydrogen) atoms. The zero-order valence-corrected chi connectivity index (χ0v) is 14.6. The van der Waals surface area contributed by atoms with E-state index < -0.39 is 0 Å². The molecule has 0 aliphatic carbocycles. The Bertz CT molecular complexity index is 579. The Hall–Kier alpha value is -2.01. The lowest BCUT2D eigenvalue weighted by atomic mass is 10.2. The summed E-state index contributed by atoms with van der Waals surface area (Å²) in [6.07, 6.45) is 1.07. The molecule has 0 aliphatic rings. The highest BCUT2D eigenvalue weighted by Crippen LogP contribution is 2.39. The quantitative estimate of drug-likeness (QED) is 0.547. The zero-order chi connectivity index (χ0) is 16.5. The van der Waals surface area contributed by atoms with Gasteiger partial charge in [0.25, 0.3) is 0 Å². The van der Waals surface area contributed by atoms with Gasteiger partial charge in [0.05, 0.1) is 21.3 Å². The van der Waals surface area contributed by atoms with E-state index >= 15 is 0 Å². The molecule has 0 amide bonds. The fourth-order valence-electron chi connectivity index (χ4n) is 2.19. The number of ether oxygens (including phenoxy) is 3. The maximum Gasteiger partial charge on any atom is 0.203 e. The summed E-state index contributed by atoms with van der Waals surface area (Å²) in [5, 5.41) is 3.40. The van der Waals surface area contributed by atoms with Crippen molar-refractivity contribution in [2.45, 2.75) is 11.3 Å². The van der Waals surface area contributed by atoms with Crippen LogP contribution in [-0.4, -0.2) is 33.6 Å². The van der Waals surface area contributed by atoms with Gasteiger partial charge in [-0.05, 0) is 24.3 Å². The number of thioether (sulfide) groups is 1. The zero-order valence-electron chi connectivity index (χ0n) is 13.8. The SMILES string of the molecule is COc1cc(NCCCSc2ccccc2)cc(OC)c1OC. The number of hydrogen-bond acceptors (Lipinski definition) is 5. The van der Waals surface area contributed by atoms with Crippen molar-refractivity contribution in [2.75, 3.05) is 38.9 Å². The van der Waals surface area contributed by atoms with Crippen molar-refractivity contribution in [3.8, 4) is 17.2 Å². The fourth-order valence-corrected chi connectivity index (χ4v) is 3.07. The van der Waals surface area contributed by atoms with Crippen LogP contribution in [0.2, 0.25) is 0 Å². The van der Waals surface area contributed by atoms with E-state index in [-0.39, 0.29) is 0 Å². The molecule has 0 unspecified atom stereocenters. The molecule has 0 spiro atoms. The molecule has 0 bridgehead atoms. The van der Waals surface area contributed by atoms with Crippen LogP contribution in [-0.2, 0) is 0 Å². The first-order valence-corrected chi connectivity index (χ1v) is 8.48. The van der Waals surface area contributed by atoms with Crippen LogP contribution in [0, 0.1) is 0 Å². The third kappa shape index (κ3) is 4.99.